The number of nitrogens with zero attached hydrogens (tertiary/aromatic N) is 3. The third-order valence-corrected chi connectivity index (χ3v) is 5.27. The summed E-state index contributed by atoms with van der Waals surface area (Å²) in [7, 11) is 1.26. The van der Waals surface area contributed by atoms with Crippen LogP contribution in [0, 0.1) is 0 Å². The Hall–Kier alpha value is -1.87. The molecule has 0 bridgehead atoms. The summed E-state index contributed by atoms with van der Waals surface area (Å²) in [6.07, 6.45) is -2.05. The van der Waals surface area contributed by atoms with E-state index in [2.05, 4.69) is 15.3 Å². The number of hydrogen-bond acceptors (Lipinski definition) is 4. The molecule has 0 saturated carbocycles. The van der Waals surface area contributed by atoms with Crippen LogP contribution in [-0.2, 0) is 13.2 Å². The van der Waals surface area contributed by atoms with Crippen molar-refractivity contribution < 1.29 is 18.0 Å². The number of hydrogen-bond donors (Lipinski definition) is 1. The smallest absolute Gasteiger partial charge is 0.350 e. The number of amides is 1. The van der Waals surface area contributed by atoms with Crippen LogP contribution < -0.4 is 5.32 Å². The van der Waals surface area contributed by atoms with Gasteiger partial charge in [-0.05, 0) is 44.1 Å². The van der Waals surface area contributed by atoms with Gasteiger partial charge in [0.2, 0.25) is 0 Å². The molecule has 136 valence electrons. The lowest BCUT2D eigenvalue weighted by molar-refractivity contribution is -0.143. The van der Waals surface area contributed by atoms with E-state index in [1.54, 1.807) is 12.1 Å². The molecule has 1 aliphatic rings. The molecule has 1 amide bonds. The Balaban J connectivity index is 1.62. The number of alkyl halides is 3. The van der Waals surface area contributed by atoms with Crippen LogP contribution in [0.15, 0.2) is 18.2 Å². The molecule has 0 aliphatic carbocycles. The molecule has 2 aromatic heterocycles. The molecule has 2 aromatic rings. The monoisotopic (exact) mass is 372 g/mol. The summed E-state index contributed by atoms with van der Waals surface area (Å²) in [5.41, 5.74) is -0.594. The Labute approximate surface area is 147 Å². The van der Waals surface area contributed by atoms with Crippen molar-refractivity contribution in [1.82, 2.24) is 20.0 Å². The van der Waals surface area contributed by atoms with Gasteiger partial charge in [0.05, 0.1) is 9.75 Å². The number of likely N-dealkylation sites (tertiary alicyclic amines) is 1. The summed E-state index contributed by atoms with van der Waals surface area (Å²) < 4.78 is 39.4. The van der Waals surface area contributed by atoms with E-state index < -0.39 is 11.9 Å². The molecule has 0 unspecified atom stereocenters. The number of aryl methyl sites for hydroxylation is 1. The Morgan fingerprint density at radius 2 is 2.04 bits per heavy atom. The van der Waals surface area contributed by atoms with Gasteiger partial charge in [0.25, 0.3) is 5.91 Å². The Bertz CT molecular complexity index is 747. The Kier molecular flexibility index (Phi) is 5.14. The molecule has 5 nitrogen and oxygen atoms in total. The molecule has 25 heavy (non-hydrogen) atoms. The first-order valence-electron chi connectivity index (χ1n) is 8.06. The molecular formula is C16H19F3N4OS. The topological polar surface area (TPSA) is 50.2 Å². The van der Waals surface area contributed by atoms with Crippen LogP contribution in [-0.4, -0.2) is 46.8 Å². The summed E-state index contributed by atoms with van der Waals surface area (Å²) >= 11 is 1.14. The van der Waals surface area contributed by atoms with Crippen molar-refractivity contribution >= 4 is 17.2 Å². The second-order valence-corrected chi connectivity index (χ2v) is 7.09. The lowest BCUT2D eigenvalue weighted by atomic mass is 10.3. The zero-order chi connectivity index (χ0) is 18.0. The lowest BCUT2D eigenvalue weighted by Crippen LogP contribution is -2.33. The Morgan fingerprint density at radius 3 is 2.68 bits per heavy atom. The third-order valence-electron chi connectivity index (χ3n) is 4.16. The van der Waals surface area contributed by atoms with Gasteiger partial charge in [-0.2, -0.15) is 18.3 Å². The van der Waals surface area contributed by atoms with E-state index in [0.717, 1.165) is 41.7 Å². The maximum Gasteiger partial charge on any atom is 0.433 e. The fraction of sp³-hybridized carbons (Fsp3) is 0.500. The minimum Gasteiger partial charge on any atom is -0.350 e. The van der Waals surface area contributed by atoms with E-state index in [-0.39, 0.29) is 11.6 Å². The molecular weight excluding hydrogens is 353 g/mol. The van der Waals surface area contributed by atoms with Gasteiger partial charge < -0.3 is 10.2 Å². The van der Waals surface area contributed by atoms with Crippen molar-refractivity contribution in [2.45, 2.75) is 19.0 Å². The minimum absolute atomic E-state index is 0.206. The highest BCUT2D eigenvalue weighted by atomic mass is 32.1. The molecule has 1 N–H and O–H groups in total. The van der Waals surface area contributed by atoms with E-state index in [9.17, 15) is 18.0 Å². The van der Waals surface area contributed by atoms with E-state index in [1.807, 2.05) is 0 Å². The van der Waals surface area contributed by atoms with Crippen LogP contribution in [0.3, 0.4) is 0 Å². The predicted molar refractivity (Wildman–Crippen MR) is 89.5 cm³/mol. The molecule has 9 heteroatoms. The van der Waals surface area contributed by atoms with Crippen LogP contribution in [0.2, 0.25) is 0 Å². The normalized spacial score (nSPS) is 15.7. The quantitative estimate of drug-likeness (QED) is 0.878. The van der Waals surface area contributed by atoms with E-state index >= 15 is 0 Å². The summed E-state index contributed by atoms with van der Waals surface area (Å²) in [6, 6.07) is 4.25. The van der Waals surface area contributed by atoms with Gasteiger partial charge >= 0.3 is 6.18 Å². The number of nitrogens with one attached hydrogen (secondary N) is 1. The molecule has 1 aliphatic heterocycles. The van der Waals surface area contributed by atoms with Gasteiger partial charge in [0.15, 0.2) is 0 Å². The molecule has 0 spiro atoms. The summed E-state index contributed by atoms with van der Waals surface area (Å²) in [6.45, 7) is 3.52. The minimum atomic E-state index is -4.45. The standard InChI is InChI=1S/C16H19F3N4OS/c1-22-14(16(17,18)19)10-11(21-22)12-4-5-13(25-12)15(24)20-6-9-23-7-2-3-8-23/h4-5,10H,2-3,6-9H2,1H3,(H,20,24). The van der Waals surface area contributed by atoms with Crippen molar-refractivity contribution in [1.29, 1.82) is 0 Å². The first-order valence-corrected chi connectivity index (χ1v) is 8.88. The number of carbonyl (C=O) groups is 1. The van der Waals surface area contributed by atoms with Crippen LogP contribution in [0.4, 0.5) is 13.2 Å². The summed E-state index contributed by atoms with van der Waals surface area (Å²) in [4.78, 5) is 15.5. The second-order valence-electron chi connectivity index (χ2n) is 6.00. The number of rotatable bonds is 5. The first-order chi connectivity index (χ1) is 11.8. The number of carbonyl (C=O) groups excluding carboxylic acids is 1. The average Bonchev–Trinajstić information content (AvgIpc) is 3.25. The largest absolute Gasteiger partial charge is 0.433 e. The highest BCUT2D eigenvalue weighted by Crippen LogP contribution is 2.34. The van der Waals surface area contributed by atoms with Gasteiger partial charge in [-0.25, -0.2) is 0 Å². The van der Waals surface area contributed by atoms with E-state index in [0.29, 0.717) is 16.3 Å². The van der Waals surface area contributed by atoms with Crippen molar-refractivity contribution in [2.24, 2.45) is 7.05 Å². The predicted octanol–water partition coefficient (Wildman–Crippen LogP) is 2.99. The zero-order valence-electron chi connectivity index (χ0n) is 13.8. The fourth-order valence-corrected chi connectivity index (χ4v) is 3.75. The third kappa shape index (κ3) is 4.21. The highest BCUT2D eigenvalue weighted by Gasteiger charge is 2.35. The van der Waals surface area contributed by atoms with Crippen LogP contribution in [0.1, 0.15) is 28.2 Å². The van der Waals surface area contributed by atoms with Crippen LogP contribution in [0.25, 0.3) is 10.6 Å². The maximum atomic E-state index is 12.9. The summed E-state index contributed by atoms with van der Waals surface area (Å²) in [5.74, 6) is -0.206. The van der Waals surface area contributed by atoms with E-state index in [4.69, 9.17) is 0 Å². The van der Waals surface area contributed by atoms with Crippen LogP contribution in [0.5, 0.6) is 0 Å². The molecule has 3 heterocycles. The van der Waals surface area contributed by atoms with Crippen molar-refractivity contribution in [2.75, 3.05) is 26.2 Å². The average molecular weight is 372 g/mol. The van der Waals surface area contributed by atoms with Gasteiger partial charge in [0, 0.05) is 20.1 Å². The van der Waals surface area contributed by atoms with Gasteiger partial charge in [-0.15, -0.1) is 11.3 Å². The van der Waals surface area contributed by atoms with Crippen molar-refractivity contribution in [3.63, 3.8) is 0 Å². The number of aromatic nitrogens is 2. The molecule has 0 atom stereocenters. The van der Waals surface area contributed by atoms with Gasteiger partial charge in [0.1, 0.15) is 11.4 Å². The van der Waals surface area contributed by atoms with Crippen molar-refractivity contribution in [3.8, 4) is 10.6 Å². The van der Waals surface area contributed by atoms with E-state index in [1.165, 1.54) is 19.9 Å². The Morgan fingerprint density at radius 1 is 1.32 bits per heavy atom. The highest BCUT2D eigenvalue weighted by molar-refractivity contribution is 7.17. The lowest BCUT2D eigenvalue weighted by Gasteiger charge is -2.14. The second kappa shape index (κ2) is 7.17. The molecule has 0 aromatic carbocycles. The first kappa shape index (κ1) is 17.9. The SMILES string of the molecule is Cn1nc(-c2ccc(C(=O)NCCN3CCCC3)s2)cc1C(F)(F)F. The van der Waals surface area contributed by atoms with Gasteiger partial charge in [-0.3, -0.25) is 9.48 Å². The molecule has 0 radical (unpaired) electrons. The number of halogens is 3. The number of thiophene rings is 1. The summed E-state index contributed by atoms with van der Waals surface area (Å²) in [5, 5.41) is 6.76. The molecule has 1 saturated heterocycles. The van der Waals surface area contributed by atoms with Crippen LogP contribution >= 0.6 is 11.3 Å². The van der Waals surface area contributed by atoms with Gasteiger partial charge in [-0.1, -0.05) is 0 Å². The fourth-order valence-electron chi connectivity index (χ4n) is 2.87. The van der Waals surface area contributed by atoms with Crippen molar-refractivity contribution in [3.05, 3.63) is 28.8 Å². The molecule has 1 fully saturated rings. The zero-order valence-corrected chi connectivity index (χ0v) is 14.6. The molecule has 3 rings (SSSR count). The maximum absolute atomic E-state index is 12.9.